The summed E-state index contributed by atoms with van der Waals surface area (Å²) < 4.78 is 48.6. The van der Waals surface area contributed by atoms with E-state index in [9.17, 15) is 28.5 Å². The predicted molar refractivity (Wildman–Crippen MR) is 128 cm³/mol. The molecule has 11 nitrogen and oxygen atoms in total. The van der Waals surface area contributed by atoms with E-state index in [2.05, 4.69) is 4.31 Å². The minimum atomic E-state index is -5.17. The maximum absolute atomic E-state index is 12.3. The molecule has 174 valence electrons. The quantitative estimate of drug-likeness (QED) is 0.209. The molecule has 2 aromatic heterocycles. The molecule has 2 N–H and O–H groups in total. The largest absolute Gasteiger partial charge is 0.537 e. The summed E-state index contributed by atoms with van der Waals surface area (Å²) in [7, 11) is -10.3. The number of aryl methyl sites for hydroxylation is 2. The van der Waals surface area contributed by atoms with Gasteiger partial charge in [-0.15, -0.1) is 0 Å². The number of hydrogen-bond donors (Lipinski definition) is 2. The summed E-state index contributed by atoms with van der Waals surface area (Å²) in [5.74, 6) is -0.518. The molecule has 35 heavy (non-hydrogen) atoms. The summed E-state index contributed by atoms with van der Waals surface area (Å²) in [5, 5.41) is 1.12. The monoisotopic (exact) mass is 540 g/mol. The Morgan fingerprint density at radius 2 is 1.06 bits per heavy atom. The molecule has 2 unspecified atom stereocenters. The third kappa shape index (κ3) is 7.41. The van der Waals surface area contributed by atoms with E-state index in [0.29, 0.717) is 21.9 Å². The van der Waals surface area contributed by atoms with Crippen LogP contribution < -0.4 is 20.3 Å². The first kappa shape index (κ1) is 30.0. The Bertz CT molecular complexity index is 1490. The van der Waals surface area contributed by atoms with Crippen LogP contribution >= 0.6 is 15.6 Å². The first-order chi connectivity index (χ1) is 15.4. The van der Waals surface area contributed by atoms with Gasteiger partial charge in [0.15, 0.2) is 0 Å². The van der Waals surface area contributed by atoms with E-state index in [1.54, 1.807) is 13.8 Å². The number of hydrogen-bond acceptors (Lipinski definition) is 9. The summed E-state index contributed by atoms with van der Waals surface area (Å²) in [4.78, 5) is 43.0. The van der Waals surface area contributed by atoms with Crippen LogP contribution in [0, 0.1) is 13.8 Å². The first-order valence-electron chi connectivity index (χ1n) is 9.26. The van der Waals surface area contributed by atoms with E-state index in [4.69, 9.17) is 17.9 Å². The molecular formula is C20H16Na2O11P2. The van der Waals surface area contributed by atoms with Gasteiger partial charge in [0.2, 0.25) is 0 Å². The fraction of sp³-hybridized carbons (Fsp3) is 0.100. The van der Waals surface area contributed by atoms with E-state index in [0.717, 1.165) is 12.1 Å². The zero-order valence-electron chi connectivity index (χ0n) is 19.1. The standard InChI is InChI=1S/C20H16O11P2.2Na/c1-11-7-19(21)27-17-9-13(3-5-15(11)17)29-32(23,24)31-33(25,26)30-14-4-6-16-12(2)8-20(22)28-18(16)10-14;;/h3-10H,1-2H3,(H,23,24)(H,25,26);;. The van der Waals surface area contributed by atoms with Gasteiger partial charge in [-0.1, -0.05) is 0 Å². The first-order valence-corrected chi connectivity index (χ1v) is 12.3. The number of phosphoric acid groups is 2. The van der Waals surface area contributed by atoms with Gasteiger partial charge in [-0.2, -0.15) is 4.31 Å². The van der Waals surface area contributed by atoms with Crippen LogP contribution in [0.15, 0.2) is 67.0 Å². The minimum absolute atomic E-state index is 0. The summed E-state index contributed by atoms with van der Waals surface area (Å²) >= 11 is 0. The van der Waals surface area contributed by atoms with E-state index < -0.39 is 26.9 Å². The molecule has 0 saturated heterocycles. The predicted octanol–water partition coefficient (Wildman–Crippen LogP) is 3.43. The summed E-state index contributed by atoms with van der Waals surface area (Å²) in [6.07, 6.45) is 0. The molecule has 0 spiro atoms. The van der Waals surface area contributed by atoms with Crippen LogP contribution in [0.5, 0.6) is 11.5 Å². The smallest absolute Gasteiger partial charge is 0.423 e. The number of rotatable bonds is 6. The summed E-state index contributed by atoms with van der Waals surface area (Å²) in [6.45, 7) is 3.36. The van der Waals surface area contributed by atoms with E-state index in [-0.39, 0.29) is 81.8 Å². The van der Waals surface area contributed by atoms with Gasteiger partial charge in [0, 0.05) is 94.2 Å². The third-order valence-corrected chi connectivity index (χ3v) is 7.03. The van der Waals surface area contributed by atoms with Crippen LogP contribution in [0.3, 0.4) is 0 Å². The third-order valence-electron chi connectivity index (χ3n) is 4.49. The van der Waals surface area contributed by atoms with Crippen molar-refractivity contribution in [3.63, 3.8) is 0 Å². The van der Waals surface area contributed by atoms with Gasteiger partial charge in [-0.05, 0) is 49.2 Å². The molecule has 15 heteroatoms. The molecule has 0 aliphatic heterocycles. The normalized spacial score (nSPS) is 14.3. The molecule has 4 rings (SSSR count). The van der Waals surface area contributed by atoms with Gasteiger partial charge >= 0.3 is 26.9 Å². The number of phosphoric ester groups is 2. The van der Waals surface area contributed by atoms with Crippen molar-refractivity contribution in [2.24, 2.45) is 0 Å². The zero-order chi connectivity index (χ0) is 24.0. The zero-order valence-corrected chi connectivity index (χ0v) is 24.9. The van der Waals surface area contributed by atoms with Crippen LogP contribution in [0.4, 0.5) is 0 Å². The molecule has 2 heterocycles. The van der Waals surface area contributed by atoms with Crippen molar-refractivity contribution in [1.82, 2.24) is 0 Å². The Morgan fingerprint density at radius 1 is 0.686 bits per heavy atom. The molecule has 0 aliphatic rings. The van der Waals surface area contributed by atoms with Gasteiger partial charge in [-0.25, -0.2) is 18.7 Å². The Hall–Kier alpha value is -1.20. The van der Waals surface area contributed by atoms with Crippen molar-refractivity contribution >= 4 is 96.7 Å². The molecule has 0 aliphatic carbocycles. The van der Waals surface area contributed by atoms with E-state index in [1.165, 1.54) is 36.4 Å². The molecule has 0 saturated carbocycles. The second-order valence-electron chi connectivity index (χ2n) is 7.01. The average molecular weight is 540 g/mol. The molecule has 0 fully saturated rings. The topological polar surface area (TPSA) is 163 Å². The van der Waals surface area contributed by atoms with Crippen molar-refractivity contribution in [3.8, 4) is 11.5 Å². The summed E-state index contributed by atoms with van der Waals surface area (Å²) in [5.41, 5.74) is 0.130. The van der Waals surface area contributed by atoms with Crippen LogP contribution in [0.25, 0.3) is 21.9 Å². The van der Waals surface area contributed by atoms with Gasteiger partial charge in [0.25, 0.3) is 0 Å². The van der Waals surface area contributed by atoms with Crippen molar-refractivity contribution < 1.29 is 41.1 Å². The molecule has 0 amide bonds. The van der Waals surface area contributed by atoms with Crippen molar-refractivity contribution in [2.45, 2.75) is 13.8 Å². The fourth-order valence-electron chi connectivity index (χ4n) is 3.15. The molecule has 4 aromatic rings. The van der Waals surface area contributed by atoms with Crippen molar-refractivity contribution in [3.05, 3.63) is 80.5 Å². The molecule has 2 aromatic carbocycles. The molecule has 0 bridgehead atoms. The molecule has 2 radical (unpaired) electrons. The van der Waals surface area contributed by atoms with Crippen LogP contribution in [0.1, 0.15) is 11.1 Å². The SMILES string of the molecule is Cc1cc(=O)oc2cc(OP(=O)(O)OP(=O)(O)Oc3ccc4c(C)cc(=O)oc4c3)ccc12.[Na].[Na]. The Balaban J connectivity index is 0.00000216. The van der Waals surface area contributed by atoms with Gasteiger partial charge in [0.05, 0.1) is 0 Å². The maximum atomic E-state index is 12.3. The van der Waals surface area contributed by atoms with Crippen LogP contribution in [0.2, 0.25) is 0 Å². The van der Waals surface area contributed by atoms with Crippen LogP contribution in [-0.4, -0.2) is 68.9 Å². The number of fused-ring (bicyclic) bond motifs is 2. The van der Waals surface area contributed by atoms with E-state index in [1.807, 2.05) is 0 Å². The maximum Gasteiger partial charge on any atom is 0.537 e. The van der Waals surface area contributed by atoms with Crippen molar-refractivity contribution in [1.29, 1.82) is 0 Å². The summed E-state index contributed by atoms with van der Waals surface area (Å²) in [6, 6.07) is 10.4. The second kappa shape index (κ2) is 11.5. The van der Waals surface area contributed by atoms with Gasteiger partial charge in [-0.3, -0.25) is 9.79 Å². The van der Waals surface area contributed by atoms with Gasteiger partial charge in [0.1, 0.15) is 22.7 Å². The fourth-order valence-corrected chi connectivity index (χ4v) is 5.22. The van der Waals surface area contributed by atoms with Crippen molar-refractivity contribution in [2.75, 3.05) is 0 Å². The van der Waals surface area contributed by atoms with Gasteiger partial charge < -0.3 is 17.9 Å². The Morgan fingerprint density at radius 3 is 1.43 bits per heavy atom. The average Bonchev–Trinajstić information content (AvgIpc) is 2.65. The van der Waals surface area contributed by atoms with E-state index >= 15 is 0 Å². The van der Waals surface area contributed by atoms with Crippen LogP contribution in [-0.2, 0) is 13.4 Å². The Kier molecular flexibility index (Phi) is 9.83. The second-order valence-corrected chi connectivity index (χ2v) is 9.91. The minimum Gasteiger partial charge on any atom is -0.423 e. The molecule has 2 atom stereocenters. The molecular weight excluding hydrogens is 524 g/mol. The Labute approximate surface area is 241 Å². The number of benzene rings is 2.